The molecule has 0 N–H and O–H groups in total. The van der Waals surface area contributed by atoms with Gasteiger partial charge in [0, 0.05) is 43.6 Å². The molecule has 214 valence electrons. The molecule has 0 unspecified atom stereocenters. The van der Waals surface area contributed by atoms with Crippen LogP contribution in [0.5, 0.6) is 0 Å². The summed E-state index contributed by atoms with van der Waals surface area (Å²) in [5, 5.41) is 8.21. The maximum Gasteiger partial charge on any atom is 0.235 e. The van der Waals surface area contributed by atoms with Crippen LogP contribution in [0.3, 0.4) is 0 Å². The van der Waals surface area contributed by atoms with Crippen molar-refractivity contribution in [2.45, 2.75) is 0 Å². The highest BCUT2D eigenvalue weighted by atomic mass is 15.2. The molecule has 0 aliphatic heterocycles. The van der Waals surface area contributed by atoms with Gasteiger partial charge in [-0.05, 0) is 35.7 Å². The molecule has 0 amide bonds. The fraction of sp³-hybridized carbons (Fsp3) is 0. The monoisotopic (exact) mass is 586 g/mol. The molecule has 0 spiro atoms. The SMILES string of the molecule is c1ccc(-c2nc(-n3c4ccccc4c4ccc5ccc6c7ccccc7n(-c7ccccc7)c6c5c43)nc3ccccc23)cc1. The molecular formula is C42H26N4. The van der Waals surface area contributed by atoms with Gasteiger partial charge in [-0.25, -0.2) is 9.97 Å². The lowest BCUT2D eigenvalue weighted by molar-refractivity contribution is 1.02. The molecule has 4 nitrogen and oxygen atoms in total. The maximum absolute atomic E-state index is 5.37. The summed E-state index contributed by atoms with van der Waals surface area (Å²) < 4.78 is 4.71. The Morgan fingerprint density at radius 3 is 1.63 bits per heavy atom. The highest BCUT2D eigenvalue weighted by Gasteiger charge is 2.22. The van der Waals surface area contributed by atoms with Gasteiger partial charge in [0.05, 0.1) is 33.3 Å². The molecule has 10 aromatic rings. The standard InChI is InChI=1S/C42H26N4/c1-3-13-28(14-4-1)39-34-19-7-10-20-35(34)43-42(44-39)46-37-22-12-9-18-31(37)33-26-24-27-23-25-32-30-17-8-11-21-36(30)45(29-15-5-2-6-16-29)40(32)38(27)41(33)46/h1-26H. The van der Waals surface area contributed by atoms with Crippen molar-refractivity contribution < 1.29 is 0 Å². The number of para-hydroxylation sites is 4. The molecule has 0 saturated carbocycles. The largest absolute Gasteiger partial charge is 0.309 e. The fourth-order valence-electron chi connectivity index (χ4n) is 7.35. The van der Waals surface area contributed by atoms with Gasteiger partial charge in [0.15, 0.2) is 0 Å². The summed E-state index contributed by atoms with van der Waals surface area (Å²) in [6.07, 6.45) is 0. The topological polar surface area (TPSA) is 35.6 Å². The molecule has 3 heterocycles. The van der Waals surface area contributed by atoms with E-state index in [1.54, 1.807) is 0 Å². The van der Waals surface area contributed by atoms with E-state index >= 15 is 0 Å². The first-order valence-electron chi connectivity index (χ1n) is 15.6. The van der Waals surface area contributed by atoms with Gasteiger partial charge in [-0.15, -0.1) is 0 Å². The zero-order valence-electron chi connectivity index (χ0n) is 24.8. The van der Waals surface area contributed by atoms with Gasteiger partial charge in [0.25, 0.3) is 0 Å². The van der Waals surface area contributed by atoms with Crippen molar-refractivity contribution in [3.63, 3.8) is 0 Å². The maximum atomic E-state index is 5.37. The highest BCUT2D eigenvalue weighted by molar-refractivity contribution is 6.28. The number of benzene rings is 7. The molecule has 0 atom stereocenters. The number of hydrogen-bond acceptors (Lipinski definition) is 2. The molecule has 0 saturated heterocycles. The van der Waals surface area contributed by atoms with Gasteiger partial charge in [0.1, 0.15) is 0 Å². The Kier molecular flexibility index (Phi) is 5.25. The molecular weight excluding hydrogens is 560 g/mol. The van der Waals surface area contributed by atoms with Crippen molar-refractivity contribution in [3.05, 3.63) is 158 Å². The Labute approximate surface area is 264 Å². The zero-order chi connectivity index (χ0) is 30.2. The Bertz CT molecular complexity index is 2790. The fourth-order valence-corrected chi connectivity index (χ4v) is 7.35. The Morgan fingerprint density at radius 2 is 0.935 bits per heavy atom. The lowest BCUT2D eigenvalue weighted by Crippen LogP contribution is -2.04. The molecule has 0 fully saturated rings. The quantitative estimate of drug-likeness (QED) is 0.206. The predicted molar refractivity (Wildman–Crippen MR) is 191 cm³/mol. The second-order valence-electron chi connectivity index (χ2n) is 11.8. The minimum Gasteiger partial charge on any atom is -0.309 e. The van der Waals surface area contributed by atoms with E-state index < -0.39 is 0 Å². The van der Waals surface area contributed by atoms with Crippen LogP contribution in [0.4, 0.5) is 0 Å². The first kappa shape index (κ1) is 25.1. The van der Waals surface area contributed by atoms with E-state index in [-0.39, 0.29) is 0 Å². The Hall–Kier alpha value is -6.26. The number of fused-ring (bicyclic) bond motifs is 10. The molecule has 0 aliphatic rings. The number of hydrogen-bond donors (Lipinski definition) is 0. The van der Waals surface area contributed by atoms with Gasteiger partial charge in [-0.1, -0.05) is 127 Å². The molecule has 10 rings (SSSR count). The lowest BCUT2D eigenvalue weighted by atomic mass is 10.0. The van der Waals surface area contributed by atoms with Crippen LogP contribution < -0.4 is 0 Å². The van der Waals surface area contributed by atoms with Crippen LogP contribution in [0.15, 0.2) is 158 Å². The van der Waals surface area contributed by atoms with Gasteiger partial charge >= 0.3 is 0 Å². The average Bonchev–Trinajstić information content (AvgIpc) is 3.65. The van der Waals surface area contributed by atoms with Crippen LogP contribution in [-0.4, -0.2) is 19.1 Å². The summed E-state index contributed by atoms with van der Waals surface area (Å²) >= 11 is 0. The normalized spacial score (nSPS) is 11.9. The van der Waals surface area contributed by atoms with Crippen LogP contribution in [-0.2, 0) is 0 Å². The number of aromatic nitrogens is 4. The summed E-state index contributed by atoms with van der Waals surface area (Å²) in [6, 6.07) is 55.8. The van der Waals surface area contributed by atoms with Crippen LogP contribution in [0.25, 0.3) is 88.2 Å². The third kappa shape index (κ3) is 3.49. The Morgan fingerprint density at radius 1 is 0.391 bits per heavy atom. The minimum absolute atomic E-state index is 0.663. The van der Waals surface area contributed by atoms with Gasteiger partial charge in [0.2, 0.25) is 5.95 Å². The molecule has 7 aromatic carbocycles. The van der Waals surface area contributed by atoms with Crippen molar-refractivity contribution >= 4 is 65.3 Å². The van der Waals surface area contributed by atoms with Crippen molar-refractivity contribution in [1.82, 2.24) is 19.1 Å². The smallest absolute Gasteiger partial charge is 0.235 e. The van der Waals surface area contributed by atoms with E-state index in [9.17, 15) is 0 Å². The third-order valence-electron chi connectivity index (χ3n) is 9.30. The summed E-state index contributed by atoms with van der Waals surface area (Å²) in [4.78, 5) is 10.6. The molecule has 0 aliphatic carbocycles. The first-order valence-corrected chi connectivity index (χ1v) is 15.6. The van der Waals surface area contributed by atoms with Crippen LogP contribution in [0, 0.1) is 0 Å². The van der Waals surface area contributed by atoms with Crippen LogP contribution in [0.2, 0.25) is 0 Å². The Balaban J connectivity index is 1.44. The van der Waals surface area contributed by atoms with Crippen LogP contribution in [0.1, 0.15) is 0 Å². The second-order valence-corrected chi connectivity index (χ2v) is 11.8. The summed E-state index contributed by atoms with van der Waals surface area (Å²) in [5.74, 6) is 0.663. The number of nitrogens with zero attached hydrogens (tertiary/aromatic N) is 4. The van der Waals surface area contributed by atoms with Crippen molar-refractivity contribution in [3.8, 4) is 22.9 Å². The van der Waals surface area contributed by atoms with Gasteiger partial charge < -0.3 is 4.57 Å². The third-order valence-corrected chi connectivity index (χ3v) is 9.30. The molecule has 0 bridgehead atoms. The van der Waals surface area contributed by atoms with Crippen molar-refractivity contribution in [2.24, 2.45) is 0 Å². The van der Waals surface area contributed by atoms with E-state index in [0.717, 1.165) is 38.9 Å². The van der Waals surface area contributed by atoms with Gasteiger partial charge in [-0.3, -0.25) is 4.57 Å². The molecule has 4 heteroatoms. The average molecular weight is 587 g/mol. The van der Waals surface area contributed by atoms with E-state index in [1.807, 2.05) is 6.07 Å². The highest BCUT2D eigenvalue weighted by Crippen LogP contribution is 2.43. The summed E-state index contributed by atoms with van der Waals surface area (Å²) in [7, 11) is 0. The van der Waals surface area contributed by atoms with Crippen molar-refractivity contribution in [2.75, 3.05) is 0 Å². The second kappa shape index (κ2) is 9.62. The van der Waals surface area contributed by atoms with E-state index in [4.69, 9.17) is 9.97 Å². The van der Waals surface area contributed by atoms with E-state index in [2.05, 4.69) is 161 Å². The lowest BCUT2D eigenvalue weighted by Gasteiger charge is -2.14. The molecule has 3 aromatic heterocycles. The minimum atomic E-state index is 0.663. The zero-order valence-corrected chi connectivity index (χ0v) is 24.8. The first-order chi connectivity index (χ1) is 22.8. The summed E-state index contributed by atoms with van der Waals surface area (Å²) in [6.45, 7) is 0. The van der Waals surface area contributed by atoms with Gasteiger partial charge in [-0.2, -0.15) is 0 Å². The van der Waals surface area contributed by atoms with E-state index in [1.165, 1.54) is 43.4 Å². The summed E-state index contributed by atoms with van der Waals surface area (Å²) in [5.41, 5.74) is 8.61. The predicted octanol–water partition coefficient (Wildman–Crippen LogP) is 10.6. The molecule has 0 radical (unpaired) electrons. The van der Waals surface area contributed by atoms with Crippen LogP contribution >= 0.6 is 0 Å². The number of rotatable bonds is 3. The van der Waals surface area contributed by atoms with Crippen molar-refractivity contribution in [1.29, 1.82) is 0 Å². The van der Waals surface area contributed by atoms with E-state index in [0.29, 0.717) is 5.95 Å². The molecule has 46 heavy (non-hydrogen) atoms.